The highest BCUT2D eigenvalue weighted by molar-refractivity contribution is 7.65. The molecule has 3 rings (SSSR count). The summed E-state index contributed by atoms with van der Waals surface area (Å²) in [4.78, 5) is 0. The van der Waals surface area contributed by atoms with Crippen molar-refractivity contribution in [2.75, 3.05) is 0 Å². The average molecular weight is 335 g/mol. The van der Waals surface area contributed by atoms with Crippen molar-refractivity contribution in [1.29, 1.82) is 0 Å². The van der Waals surface area contributed by atoms with Crippen molar-refractivity contribution in [2.24, 2.45) is 0 Å². The van der Waals surface area contributed by atoms with Crippen LogP contribution in [0.15, 0.2) is 72.8 Å². The summed E-state index contributed by atoms with van der Waals surface area (Å²) in [6.07, 6.45) is 0. The maximum Gasteiger partial charge on any atom is 0.0337 e. The number of benzene rings is 3. The molecule has 1 unspecified atom stereocenters. The fourth-order valence-electron chi connectivity index (χ4n) is 3.12. The SMILES string of the molecule is C[C@H](NP(c1ccccc1)C(C)(C)C)c1cccc2ccccc12. The number of rotatable bonds is 4. The molecule has 0 aliphatic rings. The molecule has 124 valence electrons. The van der Waals surface area contributed by atoms with Crippen molar-refractivity contribution in [3.8, 4) is 0 Å². The van der Waals surface area contributed by atoms with E-state index in [0.29, 0.717) is 6.04 Å². The third kappa shape index (κ3) is 3.69. The van der Waals surface area contributed by atoms with Crippen LogP contribution in [0.25, 0.3) is 10.8 Å². The monoisotopic (exact) mass is 335 g/mol. The smallest absolute Gasteiger partial charge is 0.0337 e. The molecule has 0 saturated heterocycles. The van der Waals surface area contributed by atoms with Gasteiger partial charge in [-0.1, -0.05) is 93.6 Å². The topological polar surface area (TPSA) is 12.0 Å². The van der Waals surface area contributed by atoms with Crippen LogP contribution >= 0.6 is 8.07 Å². The van der Waals surface area contributed by atoms with E-state index in [0.717, 1.165) is 0 Å². The molecule has 1 nitrogen and oxygen atoms in total. The predicted molar refractivity (Wildman–Crippen MR) is 108 cm³/mol. The van der Waals surface area contributed by atoms with Gasteiger partial charge < -0.3 is 0 Å². The first-order valence-electron chi connectivity index (χ1n) is 8.56. The molecule has 0 saturated carbocycles. The lowest BCUT2D eigenvalue weighted by molar-refractivity contribution is 0.709. The maximum absolute atomic E-state index is 3.95. The van der Waals surface area contributed by atoms with Crippen LogP contribution in [0.1, 0.15) is 39.3 Å². The van der Waals surface area contributed by atoms with E-state index in [-0.39, 0.29) is 5.16 Å². The molecule has 0 radical (unpaired) electrons. The molecule has 24 heavy (non-hydrogen) atoms. The van der Waals surface area contributed by atoms with E-state index in [2.05, 4.69) is 106 Å². The van der Waals surface area contributed by atoms with E-state index in [1.54, 1.807) is 0 Å². The number of nitrogens with one attached hydrogen (secondary N) is 1. The molecule has 0 bridgehead atoms. The molecule has 0 heterocycles. The Hall–Kier alpha value is -1.69. The van der Waals surface area contributed by atoms with Crippen LogP contribution in [0.3, 0.4) is 0 Å². The van der Waals surface area contributed by atoms with Gasteiger partial charge in [0.2, 0.25) is 0 Å². The lowest BCUT2D eigenvalue weighted by atomic mass is 10.0. The van der Waals surface area contributed by atoms with Gasteiger partial charge in [-0.05, 0) is 41.8 Å². The zero-order valence-electron chi connectivity index (χ0n) is 15.0. The van der Waals surface area contributed by atoms with Crippen molar-refractivity contribution in [3.63, 3.8) is 0 Å². The van der Waals surface area contributed by atoms with Gasteiger partial charge in [-0.15, -0.1) is 0 Å². The normalized spacial score (nSPS) is 14.5. The Morgan fingerprint density at radius 2 is 1.42 bits per heavy atom. The van der Waals surface area contributed by atoms with Gasteiger partial charge in [0.25, 0.3) is 0 Å². The van der Waals surface area contributed by atoms with Gasteiger partial charge in [-0.2, -0.15) is 0 Å². The summed E-state index contributed by atoms with van der Waals surface area (Å²) in [5.74, 6) is 0. The Bertz CT molecular complexity index is 800. The standard InChI is InChI=1S/C22H26NP/c1-17(20-16-10-12-18-11-8-9-15-21(18)20)23-24(22(2,3)4)19-13-6-5-7-14-19/h5-17,23H,1-4H3/t17-,24?/m0/s1. The third-order valence-corrected chi connectivity index (χ3v) is 7.10. The van der Waals surface area contributed by atoms with Gasteiger partial charge in [0.1, 0.15) is 0 Å². The van der Waals surface area contributed by atoms with Gasteiger partial charge in [0, 0.05) is 6.04 Å². The summed E-state index contributed by atoms with van der Waals surface area (Å²) in [6, 6.07) is 26.4. The average Bonchev–Trinajstić information content (AvgIpc) is 2.58. The Morgan fingerprint density at radius 3 is 2.12 bits per heavy atom. The van der Waals surface area contributed by atoms with Crippen LogP contribution in [0.5, 0.6) is 0 Å². The van der Waals surface area contributed by atoms with Crippen LogP contribution in [0, 0.1) is 0 Å². The molecule has 3 aromatic carbocycles. The Morgan fingerprint density at radius 1 is 0.792 bits per heavy atom. The van der Waals surface area contributed by atoms with E-state index < -0.39 is 8.07 Å². The van der Waals surface area contributed by atoms with Gasteiger partial charge in [-0.25, -0.2) is 0 Å². The molecule has 0 fully saturated rings. The van der Waals surface area contributed by atoms with Crippen molar-refractivity contribution < 1.29 is 0 Å². The van der Waals surface area contributed by atoms with Gasteiger partial charge >= 0.3 is 0 Å². The van der Waals surface area contributed by atoms with Crippen LogP contribution < -0.4 is 10.4 Å². The summed E-state index contributed by atoms with van der Waals surface area (Å²) in [5.41, 5.74) is 1.38. The van der Waals surface area contributed by atoms with Gasteiger partial charge in [0.15, 0.2) is 0 Å². The first-order valence-corrected chi connectivity index (χ1v) is 9.90. The summed E-state index contributed by atoms with van der Waals surface area (Å²) >= 11 is 0. The first kappa shape index (κ1) is 17.1. The minimum Gasteiger partial charge on any atom is -0.285 e. The highest BCUT2D eigenvalue weighted by atomic mass is 31.1. The Kier molecular flexibility index (Phi) is 5.04. The van der Waals surface area contributed by atoms with E-state index >= 15 is 0 Å². The molecule has 2 atom stereocenters. The van der Waals surface area contributed by atoms with Crippen LogP contribution in [-0.2, 0) is 0 Å². The molecule has 0 spiro atoms. The van der Waals surface area contributed by atoms with E-state index in [4.69, 9.17) is 0 Å². The van der Waals surface area contributed by atoms with Crippen LogP contribution in [0.2, 0.25) is 0 Å². The second-order valence-electron chi connectivity index (χ2n) is 7.26. The molecule has 0 amide bonds. The summed E-state index contributed by atoms with van der Waals surface area (Å²) in [5, 5.41) is 8.21. The van der Waals surface area contributed by atoms with Gasteiger partial charge in [-0.3, -0.25) is 5.09 Å². The fourth-order valence-corrected chi connectivity index (χ4v) is 5.43. The lowest BCUT2D eigenvalue weighted by Gasteiger charge is -2.35. The minimum absolute atomic E-state index is 0.204. The lowest BCUT2D eigenvalue weighted by Crippen LogP contribution is -2.30. The zero-order chi connectivity index (χ0) is 17.2. The summed E-state index contributed by atoms with van der Waals surface area (Å²) < 4.78 is 0. The molecule has 3 aromatic rings. The quantitative estimate of drug-likeness (QED) is 0.576. The van der Waals surface area contributed by atoms with E-state index in [9.17, 15) is 0 Å². The van der Waals surface area contributed by atoms with Crippen molar-refractivity contribution in [3.05, 3.63) is 78.4 Å². The van der Waals surface area contributed by atoms with Crippen LogP contribution in [0.4, 0.5) is 0 Å². The Labute approximate surface area is 146 Å². The third-order valence-electron chi connectivity index (χ3n) is 4.30. The molecular weight excluding hydrogens is 309 g/mol. The second-order valence-corrected chi connectivity index (χ2v) is 10.0. The number of hydrogen-bond acceptors (Lipinski definition) is 1. The maximum atomic E-state index is 3.95. The highest BCUT2D eigenvalue weighted by Gasteiger charge is 2.27. The minimum atomic E-state index is -0.465. The first-order chi connectivity index (χ1) is 11.5. The van der Waals surface area contributed by atoms with Crippen molar-refractivity contribution >= 4 is 24.1 Å². The van der Waals surface area contributed by atoms with E-state index in [1.807, 2.05) is 0 Å². The molecule has 0 aromatic heterocycles. The predicted octanol–water partition coefficient (Wildman–Crippen LogP) is 6.01. The number of hydrogen-bond donors (Lipinski definition) is 1. The van der Waals surface area contributed by atoms with E-state index in [1.165, 1.54) is 21.6 Å². The molecule has 0 aliphatic carbocycles. The molecule has 0 aliphatic heterocycles. The summed E-state index contributed by atoms with van der Waals surface area (Å²) in [7, 11) is -0.465. The summed E-state index contributed by atoms with van der Waals surface area (Å²) in [6.45, 7) is 9.27. The fraction of sp³-hybridized carbons (Fsp3) is 0.273. The molecular formula is C22H26NP. The van der Waals surface area contributed by atoms with Gasteiger partial charge in [0.05, 0.1) is 0 Å². The Balaban J connectivity index is 1.95. The number of fused-ring (bicyclic) bond motifs is 1. The molecule has 2 heteroatoms. The van der Waals surface area contributed by atoms with Crippen LogP contribution in [-0.4, -0.2) is 5.16 Å². The van der Waals surface area contributed by atoms with Crippen molar-refractivity contribution in [1.82, 2.24) is 5.09 Å². The highest BCUT2D eigenvalue weighted by Crippen LogP contribution is 2.46. The molecule has 1 N–H and O–H groups in total. The van der Waals surface area contributed by atoms with Crippen molar-refractivity contribution in [2.45, 2.75) is 38.9 Å². The largest absolute Gasteiger partial charge is 0.285 e. The zero-order valence-corrected chi connectivity index (χ0v) is 15.8. The second kappa shape index (κ2) is 7.05.